The molecule has 3 rings (SSSR count). The van der Waals surface area contributed by atoms with Crippen molar-refractivity contribution in [2.24, 2.45) is 11.8 Å². The zero-order chi connectivity index (χ0) is 20.3. The van der Waals surface area contributed by atoms with E-state index in [4.69, 9.17) is 0 Å². The minimum atomic E-state index is 0.0976. The molecule has 0 saturated carbocycles. The van der Waals surface area contributed by atoms with Crippen molar-refractivity contribution in [2.45, 2.75) is 52.1 Å². The summed E-state index contributed by atoms with van der Waals surface area (Å²) in [7, 11) is 0. The van der Waals surface area contributed by atoms with Crippen LogP contribution in [0.3, 0.4) is 0 Å². The molecular weight excluding hydrogens is 372 g/mol. The van der Waals surface area contributed by atoms with Gasteiger partial charge in [-0.15, -0.1) is 5.10 Å². The Bertz CT molecular complexity index is 826. The van der Waals surface area contributed by atoms with Gasteiger partial charge in [0.15, 0.2) is 0 Å². The summed E-state index contributed by atoms with van der Waals surface area (Å²) in [6.07, 6.45) is 4.39. The van der Waals surface area contributed by atoms with Crippen LogP contribution >= 0.6 is 11.8 Å². The topological polar surface area (TPSA) is 75.4 Å². The van der Waals surface area contributed by atoms with E-state index in [0.29, 0.717) is 30.3 Å². The number of aromatic nitrogens is 4. The van der Waals surface area contributed by atoms with Crippen molar-refractivity contribution in [3.05, 3.63) is 17.0 Å². The van der Waals surface area contributed by atoms with Gasteiger partial charge in [-0.25, -0.2) is 9.50 Å². The van der Waals surface area contributed by atoms with Crippen LogP contribution in [0.4, 0.5) is 0 Å². The summed E-state index contributed by atoms with van der Waals surface area (Å²) in [6, 6.07) is 0. The lowest BCUT2D eigenvalue weighted by atomic mass is 9.92. The van der Waals surface area contributed by atoms with Gasteiger partial charge in [0.05, 0.1) is 0 Å². The Morgan fingerprint density at radius 2 is 1.93 bits per heavy atom. The molecule has 154 valence electrons. The number of nitrogens with one attached hydrogen (secondary N) is 1. The molecule has 2 aromatic heterocycles. The summed E-state index contributed by atoms with van der Waals surface area (Å²) in [5, 5.41) is 8.27. The zero-order valence-electron chi connectivity index (χ0n) is 17.7. The van der Waals surface area contributed by atoms with Crippen molar-refractivity contribution in [2.75, 3.05) is 32.4 Å². The molecule has 0 bridgehead atoms. The zero-order valence-corrected chi connectivity index (χ0v) is 18.5. The largest absolute Gasteiger partial charge is 0.355 e. The highest BCUT2D eigenvalue weighted by molar-refractivity contribution is 7.98. The summed E-state index contributed by atoms with van der Waals surface area (Å²) in [5.74, 6) is 2.21. The fourth-order valence-electron chi connectivity index (χ4n) is 4.29. The highest BCUT2D eigenvalue weighted by atomic mass is 32.2. The number of likely N-dealkylation sites (tertiary alicyclic amines) is 1. The molecule has 2 aromatic rings. The number of hydrogen-bond donors (Lipinski definition) is 1. The van der Waals surface area contributed by atoms with Gasteiger partial charge in [0.1, 0.15) is 0 Å². The molecule has 0 aromatic carbocycles. The van der Waals surface area contributed by atoms with Crippen molar-refractivity contribution < 1.29 is 4.79 Å². The van der Waals surface area contributed by atoms with Gasteiger partial charge in [0.25, 0.3) is 5.78 Å². The van der Waals surface area contributed by atoms with E-state index in [1.165, 1.54) is 18.2 Å². The van der Waals surface area contributed by atoms with E-state index < -0.39 is 0 Å². The second-order valence-electron chi connectivity index (χ2n) is 8.13. The molecule has 1 aliphatic rings. The van der Waals surface area contributed by atoms with Gasteiger partial charge >= 0.3 is 0 Å². The fourth-order valence-corrected chi connectivity index (χ4v) is 4.63. The number of aryl methyl sites for hydroxylation is 2. The first-order valence-corrected chi connectivity index (χ1v) is 11.4. The van der Waals surface area contributed by atoms with E-state index in [1.807, 2.05) is 20.1 Å². The van der Waals surface area contributed by atoms with Gasteiger partial charge < -0.3 is 10.2 Å². The molecule has 28 heavy (non-hydrogen) atoms. The van der Waals surface area contributed by atoms with Crippen LogP contribution in [0.25, 0.3) is 5.78 Å². The number of rotatable bonds is 7. The van der Waals surface area contributed by atoms with E-state index in [0.717, 1.165) is 48.4 Å². The van der Waals surface area contributed by atoms with Crippen molar-refractivity contribution in [3.8, 4) is 0 Å². The molecule has 0 aliphatic carbocycles. The van der Waals surface area contributed by atoms with Crippen LogP contribution in [-0.2, 0) is 11.2 Å². The predicted octanol–water partition coefficient (Wildman–Crippen LogP) is 2.49. The number of carbonyl (C=O) groups is 1. The molecular formula is C20H32N6OS. The maximum absolute atomic E-state index is 12.3. The Morgan fingerprint density at radius 1 is 1.21 bits per heavy atom. The van der Waals surface area contributed by atoms with Crippen LogP contribution < -0.4 is 5.32 Å². The minimum Gasteiger partial charge on any atom is -0.355 e. The molecule has 0 spiro atoms. The predicted molar refractivity (Wildman–Crippen MR) is 113 cm³/mol. The summed E-state index contributed by atoms with van der Waals surface area (Å²) in [4.78, 5) is 23.8. The van der Waals surface area contributed by atoms with Crippen LogP contribution in [0.2, 0.25) is 0 Å². The van der Waals surface area contributed by atoms with E-state index in [9.17, 15) is 4.79 Å². The van der Waals surface area contributed by atoms with E-state index >= 15 is 0 Å². The van der Waals surface area contributed by atoms with Gasteiger partial charge in [0.2, 0.25) is 11.1 Å². The Kier molecular flexibility index (Phi) is 6.93. The van der Waals surface area contributed by atoms with E-state index in [-0.39, 0.29) is 5.91 Å². The Hall–Kier alpha value is -1.67. The lowest BCUT2D eigenvalue weighted by molar-refractivity contribution is -0.121. The Labute approximate surface area is 171 Å². The van der Waals surface area contributed by atoms with Crippen molar-refractivity contribution in [1.29, 1.82) is 0 Å². The van der Waals surface area contributed by atoms with E-state index in [1.54, 1.807) is 4.52 Å². The highest BCUT2D eigenvalue weighted by Crippen LogP contribution is 2.20. The Balaban J connectivity index is 1.51. The lowest BCUT2D eigenvalue weighted by Gasteiger charge is -2.34. The molecule has 2 atom stereocenters. The first-order chi connectivity index (χ1) is 13.4. The number of fused-ring (bicyclic) bond motifs is 1. The monoisotopic (exact) mass is 404 g/mol. The smallest absolute Gasteiger partial charge is 0.253 e. The molecule has 1 fully saturated rings. The third-order valence-electron chi connectivity index (χ3n) is 5.51. The molecule has 1 amide bonds. The molecule has 1 aliphatic heterocycles. The number of carbonyl (C=O) groups excluding carboxylic acids is 1. The molecule has 1 saturated heterocycles. The number of piperidine rings is 1. The van der Waals surface area contributed by atoms with Gasteiger partial charge in [-0.05, 0) is 50.3 Å². The summed E-state index contributed by atoms with van der Waals surface area (Å²) in [5.41, 5.74) is 3.02. The second-order valence-corrected chi connectivity index (χ2v) is 8.90. The maximum atomic E-state index is 12.3. The van der Waals surface area contributed by atoms with Crippen LogP contribution in [0, 0.1) is 25.7 Å². The van der Waals surface area contributed by atoms with Crippen molar-refractivity contribution in [1.82, 2.24) is 29.8 Å². The Morgan fingerprint density at radius 3 is 2.61 bits per heavy atom. The number of nitrogens with zero attached hydrogens (tertiary/aromatic N) is 5. The fraction of sp³-hybridized carbons (Fsp3) is 0.700. The number of amides is 1. The van der Waals surface area contributed by atoms with Crippen molar-refractivity contribution >= 4 is 23.4 Å². The molecule has 7 nitrogen and oxygen atoms in total. The molecule has 0 radical (unpaired) electrons. The maximum Gasteiger partial charge on any atom is 0.253 e. The number of hydrogen-bond acceptors (Lipinski definition) is 6. The average molecular weight is 405 g/mol. The SMILES string of the molecule is CSc1nc2nc(C)c(CCC(=O)NCCN3C[C@H](C)C[C@H](C)C3)c(C)n2n1. The summed E-state index contributed by atoms with van der Waals surface area (Å²) < 4.78 is 1.78. The number of thioether (sulfide) groups is 1. The van der Waals surface area contributed by atoms with Gasteiger partial charge in [-0.1, -0.05) is 25.6 Å². The van der Waals surface area contributed by atoms with Crippen LogP contribution in [0.15, 0.2) is 5.16 Å². The lowest BCUT2D eigenvalue weighted by Crippen LogP contribution is -2.42. The van der Waals surface area contributed by atoms with Gasteiger partial charge in [0, 0.05) is 44.0 Å². The standard InChI is InChI=1S/C20H32N6OS/c1-13-10-14(2)12-25(11-13)9-8-21-18(27)7-6-17-15(3)22-19-23-20(28-5)24-26(19)16(17)4/h13-14H,6-12H2,1-5H3,(H,21,27)/t13-,14+. The van der Waals surface area contributed by atoms with Gasteiger partial charge in [-0.3, -0.25) is 4.79 Å². The quantitative estimate of drug-likeness (QED) is 0.715. The average Bonchev–Trinajstić information content (AvgIpc) is 3.04. The van der Waals surface area contributed by atoms with E-state index in [2.05, 4.69) is 39.1 Å². The summed E-state index contributed by atoms with van der Waals surface area (Å²) in [6.45, 7) is 12.6. The van der Waals surface area contributed by atoms with Crippen molar-refractivity contribution in [3.63, 3.8) is 0 Å². The molecule has 1 N–H and O–H groups in total. The van der Waals surface area contributed by atoms with Gasteiger partial charge in [-0.2, -0.15) is 4.98 Å². The molecule has 8 heteroatoms. The third kappa shape index (κ3) is 5.03. The van der Waals surface area contributed by atoms with Crippen LogP contribution in [0.5, 0.6) is 0 Å². The minimum absolute atomic E-state index is 0.0976. The molecule has 0 unspecified atom stereocenters. The molecule has 3 heterocycles. The van der Waals surface area contributed by atoms with Crippen LogP contribution in [-0.4, -0.2) is 62.8 Å². The first kappa shape index (κ1) is 21.0. The first-order valence-electron chi connectivity index (χ1n) is 10.1. The normalized spacial score (nSPS) is 20.6. The third-order valence-corrected chi connectivity index (χ3v) is 6.05. The second kappa shape index (κ2) is 9.22. The van der Waals surface area contributed by atoms with Crippen LogP contribution in [0.1, 0.15) is 43.6 Å². The highest BCUT2D eigenvalue weighted by Gasteiger charge is 2.21. The summed E-state index contributed by atoms with van der Waals surface area (Å²) >= 11 is 1.50.